The highest BCUT2D eigenvalue weighted by atomic mass is 35.5. The van der Waals surface area contributed by atoms with Crippen molar-refractivity contribution in [2.24, 2.45) is 0 Å². The smallest absolute Gasteiger partial charge is 0.171 e. The number of rotatable bonds is 17. The molecule has 0 aliphatic heterocycles. The molecule has 158 valence electrons. The predicted octanol–water partition coefficient (Wildman–Crippen LogP) is 4.86. The van der Waals surface area contributed by atoms with Gasteiger partial charge in [0.25, 0.3) is 0 Å². The summed E-state index contributed by atoms with van der Waals surface area (Å²) >= 11 is 0. The summed E-state index contributed by atoms with van der Waals surface area (Å²) in [6, 6.07) is 2.24. The second-order valence-electron chi connectivity index (χ2n) is 8.35. The Labute approximate surface area is 176 Å². The summed E-state index contributed by atoms with van der Waals surface area (Å²) in [5.41, 5.74) is 2.80. The lowest BCUT2D eigenvalue weighted by molar-refractivity contribution is -0.697. The number of unbranched alkanes of at least 4 members (excludes halogenated alkanes) is 15. The number of halogens is 1. The molecule has 1 nitrogen and oxygen atoms in total. The fourth-order valence-corrected chi connectivity index (χ4v) is 3.71. The van der Waals surface area contributed by atoms with Crippen molar-refractivity contribution < 1.29 is 17.0 Å². The van der Waals surface area contributed by atoms with Crippen molar-refractivity contribution in [3.8, 4) is 0 Å². The summed E-state index contributed by atoms with van der Waals surface area (Å²) in [6.07, 6.45) is 27.6. The topological polar surface area (TPSA) is 3.88 Å². The summed E-state index contributed by atoms with van der Waals surface area (Å²) in [5, 5.41) is 0. The van der Waals surface area contributed by atoms with Gasteiger partial charge in [0.2, 0.25) is 0 Å². The third kappa shape index (κ3) is 15.1. The van der Waals surface area contributed by atoms with E-state index >= 15 is 0 Å². The van der Waals surface area contributed by atoms with Crippen molar-refractivity contribution in [2.75, 3.05) is 0 Å². The van der Waals surface area contributed by atoms with E-state index in [0.29, 0.717) is 0 Å². The third-order valence-corrected chi connectivity index (χ3v) is 5.77. The van der Waals surface area contributed by atoms with E-state index in [1.54, 1.807) is 0 Å². The zero-order chi connectivity index (χ0) is 18.9. The van der Waals surface area contributed by atoms with Crippen molar-refractivity contribution in [1.82, 2.24) is 0 Å². The first-order valence-electron chi connectivity index (χ1n) is 11.7. The highest BCUT2D eigenvalue weighted by Crippen LogP contribution is 2.13. The number of aryl methyl sites for hydroxylation is 3. The average molecular weight is 396 g/mol. The van der Waals surface area contributed by atoms with Crippen LogP contribution in [0.1, 0.15) is 121 Å². The average Bonchev–Trinajstić information content (AvgIpc) is 2.64. The molecule has 0 bridgehead atoms. The molecule has 0 spiro atoms. The van der Waals surface area contributed by atoms with Crippen molar-refractivity contribution in [2.45, 2.75) is 130 Å². The van der Waals surface area contributed by atoms with Crippen LogP contribution in [0.15, 0.2) is 18.5 Å². The van der Waals surface area contributed by atoms with Gasteiger partial charge in [0.05, 0.1) is 0 Å². The van der Waals surface area contributed by atoms with Crippen LogP contribution < -0.4 is 17.0 Å². The lowest BCUT2D eigenvalue weighted by Gasteiger charge is -2.03. The van der Waals surface area contributed by atoms with E-state index in [1.807, 2.05) is 0 Å². The second-order valence-corrected chi connectivity index (χ2v) is 8.35. The van der Waals surface area contributed by atoms with E-state index in [2.05, 4.69) is 43.8 Å². The van der Waals surface area contributed by atoms with Crippen LogP contribution in [0.4, 0.5) is 0 Å². The van der Waals surface area contributed by atoms with Gasteiger partial charge in [0.1, 0.15) is 6.54 Å². The first kappa shape index (κ1) is 26.4. The summed E-state index contributed by atoms with van der Waals surface area (Å²) in [5.74, 6) is 0. The molecular formula is C25H46ClN. The van der Waals surface area contributed by atoms with Gasteiger partial charge in [-0.2, -0.15) is 0 Å². The minimum atomic E-state index is 0. The van der Waals surface area contributed by atoms with Gasteiger partial charge in [-0.3, -0.25) is 0 Å². The molecule has 0 amide bonds. The lowest BCUT2D eigenvalue weighted by atomic mass is 10.0. The Morgan fingerprint density at radius 3 is 1.41 bits per heavy atom. The Hall–Kier alpha value is -0.560. The van der Waals surface area contributed by atoms with Gasteiger partial charge >= 0.3 is 0 Å². The van der Waals surface area contributed by atoms with Gasteiger partial charge in [0, 0.05) is 18.1 Å². The predicted molar refractivity (Wildman–Crippen MR) is 116 cm³/mol. The van der Waals surface area contributed by atoms with E-state index in [4.69, 9.17) is 0 Å². The first-order valence-corrected chi connectivity index (χ1v) is 11.7. The molecule has 1 rings (SSSR count). The normalized spacial score (nSPS) is 10.8. The van der Waals surface area contributed by atoms with Crippen LogP contribution >= 0.6 is 0 Å². The second kappa shape index (κ2) is 18.8. The molecule has 27 heavy (non-hydrogen) atoms. The molecule has 0 N–H and O–H groups in total. The van der Waals surface area contributed by atoms with Crippen LogP contribution in [0.5, 0.6) is 0 Å². The van der Waals surface area contributed by atoms with Crippen LogP contribution in [0, 0.1) is 13.8 Å². The summed E-state index contributed by atoms with van der Waals surface area (Å²) in [4.78, 5) is 0. The zero-order valence-corrected chi connectivity index (χ0v) is 19.3. The minimum absolute atomic E-state index is 0. The molecule has 0 radical (unpaired) electrons. The van der Waals surface area contributed by atoms with Gasteiger partial charge in [-0.1, -0.05) is 96.8 Å². The van der Waals surface area contributed by atoms with Gasteiger partial charge in [-0.15, -0.1) is 0 Å². The quantitative estimate of drug-likeness (QED) is 0.262. The Balaban J connectivity index is 0.00000676. The number of aromatic nitrogens is 1. The molecule has 0 aromatic carbocycles. The molecule has 0 aliphatic rings. The molecule has 0 saturated carbocycles. The Morgan fingerprint density at radius 2 is 1.00 bits per heavy atom. The largest absolute Gasteiger partial charge is 1.00 e. The molecular weight excluding hydrogens is 350 g/mol. The number of hydrogen-bond acceptors (Lipinski definition) is 0. The molecule has 0 saturated heterocycles. The molecule has 0 aliphatic carbocycles. The lowest BCUT2D eigenvalue weighted by Crippen LogP contribution is -3.00. The van der Waals surface area contributed by atoms with Crippen molar-refractivity contribution >= 4 is 0 Å². The van der Waals surface area contributed by atoms with Crippen molar-refractivity contribution in [3.63, 3.8) is 0 Å². The molecule has 0 fully saturated rings. The molecule has 0 atom stereocenters. The van der Waals surface area contributed by atoms with E-state index in [9.17, 15) is 0 Å². The Kier molecular flexibility index (Phi) is 18.4. The number of pyridine rings is 1. The van der Waals surface area contributed by atoms with Crippen LogP contribution in [-0.4, -0.2) is 0 Å². The molecule has 1 aromatic rings. The Bertz CT molecular complexity index is 444. The third-order valence-electron chi connectivity index (χ3n) is 5.77. The summed E-state index contributed by atoms with van der Waals surface area (Å²) in [7, 11) is 0. The van der Waals surface area contributed by atoms with Crippen LogP contribution in [0.2, 0.25) is 0 Å². The zero-order valence-electron chi connectivity index (χ0n) is 18.6. The maximum absolute atomic E-state index is 2.35. The van der Waals surface area contributed by atoms with E-state index in [-0.39, 0.29) is 12.4 Å². The van der Waals surface area contributed by atoms with Crippen molar-refractivity contribution in [1.29, 1.82) is 0 Å². The summed E-state index contributed by atoms with van der Waals surface area (Å²) < 4.78 is 2.35. The molecule has 1 aromatic heterocycles. The fourth-order valence-electron chi connectivity index (χ4n) is 3.71. The SMILES string of the molecule is CCCCCCCCCCCCCCCCCC[n+]1ccc(C)c(C)c1.[Cl-]. The van der Waals surface area contributed by atoms with Crippen LogP contribution in [0.25, 0.3) is 0 Å². The number of hydrogen-bond donors (Lipinski definition) is 0. The Morgan fingerprint density at radius 1 is 0.593 bits per heavy atom. The summed E-state index contributed by atoms with van der Waals surface area (Å²) in [6.45, 7) is 7.87. The van der Waals surface area contributed by atoms with Gasteiger partial charge < -0.3 is 12.4 Å². The maximum Gasteiger partial charge on any atom is 0.171 e. The van der Waals surface area contributed by atoms with Crippen molar-refractivity contribution in [3.05, 3.63) is 29.6 Å². The highest BCUT2D eigenvalue weighted by molar-refractivity contribution is 5.16. The first-order chi connectivity index (χ1) is 12.7. The number of nitrogens with zero attached hydrogens (tertiary/aromatic N) is 1. The molecule has 0 unspecified atom stereocenters. The molecule has 2 heteroatoms. The standard InChI is InChI=1S/C25H46N.ClH/c1-4-5-6-7-8-9-10-11-12-13-14-15-16-17-18-19-21-26-22-20-24(2)25(3)23-26;/h20,22-23H,4-19,21H2,1-3H3;1H/q+1;/p-1. The molecule has 1 heterocycles. The highest BCUT2D eigenvalue weighted by Gasteiger charge is 2.02. The van der Waals surface area contributed by atoms with Crippen LogP contribution in [0.3, 0.4) is 0 Å². The van der Waals surface area contributed by atoms with E-state index in [1.165, 1.54) is 120 Å². The minimum Gasteiger partial charge on any atom is -1.00 e. The van der Waals surface area contributed by atoms with Gasteiger partial charge in [-0.25, -0.2) is 4.57 Å². The van der Waals surface area contributed by atoms with Crippen LogP contribution in [-0.2, 0) is 6.54 Å². The monoisotopic (exact) mass is 395 g/mol. The fraction of sp³-hybridized carbons (Fsp3) is 0.800. The van der Waals surface area contributed by atoms with Gasteiger partial charge in [-0.05, 0) is 25.8 Å². The maximum atomic E-state index is 2.35. The van der Waals surface area contributed by atoms with E-state index < -0.39 is 0 Å². The van der Waals surface area contributed by atoms with E-state index in [0.717, 1.165) is 0 Å². The van der Waals surface area contributed by atoms with Gasteiger partial charge in [0.15, 0.2) is 12.4 Å².